The van der Waals surface area contributed by atoms with Gasteiger partial charge in [0.15, 0.2) is 0 Å². The summed E-state index contributed by atoms with van der Waals surface area (Å²) in [6.45, 7) is 7.89. The molecular formula is C14H24N2O4. The zero-order valence-electron chi connectivity index (χ0n) is 12.5. The summed E-state index contributed by atoms with van der Waals surface area (Å²) >= 11 is 0. The van der Waals surface area contributed by atoms with E-state index in [0.29, 0.717) is 12.5 Å². The molecule has 1 aliphatic carbocycles. The number of amides is 1. The van der Waals surface area contributed by atoms with E-state index in [0.717, 1.165) is 6.42 Å². The molecule has 0 aromatic carbocycles. The molecule has 3 N–H and O–H groups in total. The minimum Gasteiger partial charge on any atom is -0.481 e. The average Bonchev–Trinajstić information content (AvgIpc) is 2.66. The highest BCUT2D eigenvalue weighted by Gasteiger charge is 2.60. The normalized spacial score (nSPS) is 31.4. The Bertz CT molecular complexity index is 427. The monoisotopic (exact) mass is 284 g/mol. The van der Waals surface area contributed by atoms with Crippen molar-refractivity contribution in [2.75, 3.05) is 6.54 Å². The van der Waals surface area contributed by atoms with Gasteiger partial charge in [0.1, 0.15) is 5.60 Å². The summed E-state index contributed by atoms with van der Waals surface area (Å²) in [5, 5.41) is 8.95. The summed E-state index contributed by atoms with van der Waals surface area (Å²) in [6, 6.07) is 0.0178. The third kappa shape index (κ3) is 2.75. The SMILES string of the molecule is CC(C)(C)OC(=O)N1CC2CC1C2C(C)(N)CC(=O)O. The molecule has 2 heterocycles. The summed E-state index contributed by atoms with van der Waals surface area (Å²) in [7, 11) is 0. The van der Waals surface area contributed by atoms with Crippen LogP contribution >= 0.6 is 0 Å². The lowest BCUT2D eigenvalue weighted by Gasteiger charge is -2.45. The Labute approximate surface area is 119 Å². The minimum absolute atomic E-state index is 0.0178. The van der Waals surface area contributed by atoms with Crippen molar-refractivity contribution >= 4 is 12.1 Å². The second-order valence-electron chi connectivity index (χ2n) is 7.30. The molecule has 0 spiro atoms. The van der Waals surface area contributed by atoms with Crippen molar-refractivity contribution in [2.24, 2.45) is 17.6 Å². The zero-order valence-corrected chi connectivity index (χ0v) is 12.5. The van der Waals surface area contributed by atoms with E-state index in [1.54, 1.807) is 11.8 Å². The van der Waals surface area contributed by atoms with Crippen LogP contribution < -0.4 is 5.73 Å². The van der Waals surface area contributed by atoms with E-state index in [9.17, 15) is 9.59 Å². The molecule has 0 radical (unpaired) electrons. The Morgan fingerprint density at radius 1 is 1.35 bits per heavy atom. The van der Waals surface area contributed by atoms with Crippen LogP contribution in [0.3, 0.4) is 0 Å². The Balaban J connectivity index is 2.03. The van der Waals surface area contributed by atoms with Gasteiger partial charge in [-0.2, -0.15) is 0 Å². The van der Waals surface area contributed by atoms with Gasteiger partial charge in [-0.05, 0) is 40.0 Å². The summed E-state index contributed by atoms with van der Waals surface area (Å²) in [4.78, 5) is 24.8. The van der Waals surface area contributed by atoms with Gasteiger partial charge in [0.2, 0.25) is 0 Å². The van der Waals surface area contributed by atoms with E-state index in [4.69, 9.17) is 15.6 Å². The van der Waals surface area contributed by atoms with Gasteiger partial charge in [0.05, 0.1) is 6.42 Å². The Kier molecular flexibility index (Phi) is 3.48. The van der Waals surface area contributed by atoms with Crippen molar-refractivity contribution in [1.29, 1.82) is 0 Å². The summed E-state index contributed by atoms with van der Waals surface area (Å²) in [5.41, 5.74) is 4.87. The van der Waals surface area contributed by atoms with Crippen LogP contribution in [0.15, 0.2) is 0 Å². The fraction of sp³-hybridized carbons (Fsp3) is 0.857. The maximum absolute atomic E-state index is 12.1. The van der Waals surface area contributed by atoms with Gasteiger partial charge in [0, 0.05) is 24.0 Å². The number of carbonyl (C=O) groups excluding carboxylic acids is 1. The van der Waals surface area contributed by atoms with E-state index in [1.807, 2.05) is 20.8 Å². The van der Waals surface area contributed by atoms with Crippen LogP contribution in [0.1, 0.15) is 40.5 Å². The number of ether oxygens (including phenoxy) is 1. The van der Waals surface area contributed by atoms with Gasteiger partial charge >= 0.3 is 12.1 Å². The van der Waals surface area contributed by atoms with E-state index < -0.39 is 17.1 Å². The molecule has 4 atom stereocenters. The molecule has 2 bridgehead atoms. The molecule has 6 nitrogen and oxygen atoms in total. The van der Waals surface area contributed by atoms with Crippen LogP contribution in [0.4, 0.5) is 4.79 Å². The number of nitrogens with zero attached hydrogens (tertiary/aromatic N) is 1. The quantitative estimate of drug-likeness (QED) is 0.818. The molecule has 2 aliphatic heterocycles. The van der Waals surface area contributed by atoms with Gasteiger partial charge in [-0.3, -0.25) is 4.79 Å². The van der Waals surface area contributed by atoms with E-state index in [-0.39, 0.29) is 24.5 Å². The Hall–Kier alpha value is -1.30. The molecule has 3 aliphatic rings. The fourth-order valence-electron chi connectivity index (χ4n) is 3.57. The molecule has 1 amide bonds. The first-order valence-electron chi connectivity index (χ1n) is 7.01. The molecule has 114 valence electrons. The predicted octanol–water partition coefficient (Wildman–Crippen LogP) is 1.43. The highest BCUT2D eigenvalue weighted by molar-refractivity contribution is 5.71. The van der Waals surface area contributed by atoms with Crippen LogP contribution in [0.2, 0.25) is 0 Å². The Morgan fingerprint density at radius 2 is 1.95 bits per heavy atom. The molecule has 0 aromatic heterocycles. The molecular weight excluding hydrogens is 260 g/mol. The first-order valence-corrected chi connectivity index (χ1v) is 7.01. The molecule has 0 aromatic rings. The number of fused-ring (bicyclic) bond motifs is 1. The predicted molar refractivity (Wildman–Crippen MR) is 73.2 cm³/mol. The molecule has 3 rings (SSSR count). The molecule has 3 fully saturated rings. The first kappa shape index (κ1) is 15.1. The summed E-state index contributed by atoms with van der Waals surface area (Å²) in [6.07, 6.45) is 0.502. The smallest absolute Gasteiger partial charge is 0.410 e. The number of hydrogen-bond acceptors (Lipinski definition) is 4. The third-order valence-corrected chi connectivity index (χ3v) is 4.22. The zero-order chi connectivity index (χ0) is 15.3. The van der Waals surface area contributed by atoms with Crippen molar-refractivity contribution in [3.8, 4) is 0 Å². The van der Waals surface area contributed by atoms with E-state index in [2.05, 4.69) is 0 Å². The Morgan fingerprint density at radius 3 is 2.45 bits per heavy atom. The van der Waals surface area contributed by atoms with Gasteiger partial charge < -0.3 is 20.5 Å². The van der Waals surface area contributed by atoms with Crippen molar-refractivity contribution in [3.05, 3.63) is 0 Å². The molecule has 1 saturated carbocycles. The van der Waals surface area contributed by atoms with Crippen LogP contribution in [0, 0.1) is 11.8 Å². The average molecular weight is 284 g/mol. The first-order chi connectivity index (χ1) is 9.01. The highest BCUT2D eigenvalue weighted by Crippen LogP contribution is 2.51. The topological polar surface area (TPSA) is 92.9 Å². The number of carboxylic acid groups (broad SMARTS) is 1. The standard InChI is InChI=1S/C14H24N2O4/c1-13(2,3)20-12(19)16-7-8-5-9(16)11(8)14(4,15)6-10(17)18/h8-9,11H,5-7,15H2,1-4H3,(H,17,18). The van der Waals surface area contributed by atoms with Crippen LogP contribution in [-0.4, -0.2) is 45.8 Å². The molecule has 20 heavy (non-hydrogen) atoms. The highest BCUT2D eigenvalue weighted by atomic mass is 16.6. The number of carboxylic acids is 1. The van der Waals surface area contributed by atoms with Gasteiger partial charge in [-0.15, -0.1) is 0 Å². The third-order valence-electron chi connectivity index (χ3n) is 4.22. The van der Waals surface area contributed by atoms with Crippen molar-refractivity contribution in [3.63, 3.8) is 0 Å². The number of aliphatic carboxylic acids is 1. The van der Waals surface area contributed by atoms with Crippen LogP contribution in [0.5, 0.6) is 0 Å². The number of hydrogen-bond donors (Lipinski definition) is 2. The van der Waals surface area contributed by atoms with Crippen LogP contribution in [0.25, 0.3) is 0 Å². The second kappa shape index (κ2) is 4.62. The maximum Gasteiger partial charge on any atom is 0.410 e. The maximum atomic E-state index is 12.1. The molecule has 2 saturated heterocycles. The fourth-order valence-corrected chi connectivity index (χ4v) is 3.57. The van der Waals surface area contributed by atoms with Gasteiger partial charge in [-0.25, -0.2) is 4.79 Å². The van der Waals surface area contributed by atoms with Crippen molar-refractivity contribution < 1.29 is 19.4 Å². The number of nitrogens with two attached hydrogens (primary N) is 1. The molecule has 4 unspecified atom stereocenters. The lowest BCUT2D eigenvalue weighted by molar-refractivity contribution is -0.139. The lowest BCUT2D eigenvalue weighted by Crippen LogP contribution is -2.58. The summed E-state index contributed by atoms with van der Waals surface area (Å²) < 4.78 is 5.39. The van der Waals surface area contributed by atoms with Gasteiger partial charge in [0.25, 0.3) is 0 Å². The second-order valence-corrected chi connectivity index (χ2v) is 7.30. The van der Waals surface area contributed by atoms with E-state index in [1.165, 1.54) is 0 Å². The van der Waals surface area contributed by atoms with E-state index >= 15 is 0 Å². The van der Waals surface area contributed by atoms with Crippen molar-refractivity contribution in [2.45, 2.75) is 57.7 Å². The molecule has 6 heteroatoms. The minimum atomic E-state index is -0.898. The largest absolute Gasteiger partial charge is 0.481 e. The number of rotatable bonds is 3. The van der Waals surface area contributed by atoms with Crippen molar-refractivity contribution in [1.82, 2.24) is 4.90 Å². The summed E-state index contributed by atoms with van der Waals surface area (Å²) in [5.74, 6) is -0.557. The van der Waals surface area contributed by atoms with Gasteiger partial charge in [-0.1, -0.05) is 0 Å². The lowest BCUT2D eigenvalue weighted by atomic mass is 9.63. The number of carbonyl (C=O) groups is 2. The van der Waals surface area contributed by atoms with Crippen LogP contribution in [-0.2, 0) is 9.53 Å².